The average Bonchev–Trinajstić information content (AvgIpc) is 2.61. The topological polar surface area (TPSA) is 59.2 Å². The Bertz CT molecular complexity index is 361. The van der Waals surface area contributed by atoms with Gasteiger partial charge >= 0.3 is 0 Å². The Morgan fingerprint density at radius 2 is 2.06 bits per heavy atom. The largest absolute Gasteiger partial charge is 0.382 e. The second-order valence-electron chi connectivity index (χ2n) is 3.10. The summed E-state index contributed by atoms with van der Waals surface area (Å²) < 4.78 is 0.871. The summed E-state index contributed by atoms with van der Waals surface area (Å²) in [5, 5.41) is 0. The number of thiazole rings is 1. The molecule has 1 aromatic rings. The van der Waals surface area contributed by atoms with Crippen molar-refractivity contribution in [2.24, 2.45) is 0 Å². The number of carbonyl (C=O) groups excluding carboxylic acids is 1. The number of hydrogen-bond acceptors (Lipinski definition) is 5. The molecule has 1 heterocycles. The minimum absolute atomic E-state index is 0.0112. The van der Waals surface area contributed by atoms with E-state index >= 15 is 0 Å². The van der Waals surface area contributed by atoms with Gasteiger partial charge in [0.25, 0.3) is 5.91 Å². The lowest BCUT2D eigenvalue weighted by Crippen LogP contribution is -2.30. The average molecular weight is 259 g/mol. The lowest BCUT2D eigenvalue weighted by Gasteiger charge is -2.17. The minimum atomic E-state index is -0.0112. The van der Waals surface area contributed by atoms with Gasteiger partial charge in [-0.05, 0) is 19.6 Å². The Hall–Kier alpha value is -0.750. The van der Waals surface area contributed by atoms with Crippen molar-refractivity contribution in [1.29, 1.82) is 0 Å². The molecule has 0 aromatic carbocycles. The summed E-state index contributed by atoms with van der Waals surface area (Å²) in [6.45, 7) is 7.36. The predicted molar refractivity (Wildman–Crippen MR) is 70.2 cm³/mol. The van der Waals surface area contributed by atoms with Crippen LogP contribution in [0.4, 0.5) is 5.82 Å². The molecule has 1 amide bonds. The lowest BCUT2D eigenvalue weighted by atomic mass is 10.4. The van der Waals surface area contributed by atoms with Crippen molar-refractivity contribution in [2.45, 2.75) is 25.1 Å². The molecule has 0 atom stereocenters. The highest BCUT2D eigenvalue weighted by atomic mass is 32.2. The molecular weight excluding hydrogens is 242 g/mol. The first-order valence-corrected chi connectivity index (χ1v) is 7.12. The number of nitrogens with zero attached hydrogens (tertiary/aromatic N) is 2. The van der Waals surface area contributed by atoms with Crippen LogP contribution in [0.25, 0.3) is 0 Å². The molecule has 4 nitrogen and oxygen atoms in total. The lowest BCUT2D eigenvalue weighted by molar-refractivity contribution is 0.0778. The molecule has 0 fully saturated rings. The van der Waals surface area contributed by atoms with Crippen LogP contribution in [0.1, 0.15) is 30.4 Å². The van der Waals surface area contributed by atoms with Crippen LogP contribution in [0.3, 0.4) is 0 Å². The van der Waals surface area contributed by atoms with Crippen molar-refractivity contribution in [3.05, 3.63) is 4.88 Å². The quantitative estimate of drug-likeness (QED) is 0.824. The van der Waals surface area contributed by atoms with Gasteiger partial charge in [0, 0.05) is 13.1 Å². The Balaban J connectivity index is 2.90. The van der Waals surface area contributed by atoms with Gasteiger partial charge in [0.15, 0.2) is 4.34 Å². The van der Waals surface area contributed by atoms with Gasteiger partial charge in [0.05, 0.1) is 0 Å². The number of thioether (sulfide) groups is 1. The van der Waals surface area contributed by atoms with E-state index in [9.17, 15) is 4.79 Å². The Morgan fingerprint density at radius 1 is 1.44 bits per heavy atom. The molecule has 6 heteroatoms. The Labute approximate surface area is 104 Å². The number of carbonyl (C=O) groups is 1. The van der Waals surface area contributed by atoms with Gasteiger partial charge in [-0.1, -0.05) is 18.7 Å². The van der Waals surface area contributed by atoms with Gasteiger partial charge in [-0.25, -0.2) is 4.98 Å². The minimum Gasteiger partial charge on any atom is -0.382 e. The van der Waals surface area contributed by atoms with Crippen molar-refractivity contribution in [3.63, 3.8) is 0 Å². The Morgan fingerprint density at radius 3 is 2.56 bits per heavy atom. The number of nitrogen functional groups attached to an aromatic ring is 1. The van der Waals surface area contributed by atoms with Gasteiger partial charge in [0.1, 0.15) is 10.7 Å². The zero-order valence-electron chi connectivity index (χ0n) is 9.82. The van der Waals surface area contributed by atoms with Crippen LogP contribution < -0.4 is 5.73 Å². The van der Waals surface area contributed by atoms with E-state index in [-0.39, 0.29) is 5.91 Å². The number of amides is 1. The fourth-order valence-corrected chi connectivity index (χ4v) is 3.24. The maximum Gasteiger partial charge on any atom is 0.267 e. The second kappa shape index (κ2) is 6.10. The smallest absolute Gasteiger partial charge is 0.267 e. The Kier molecular flexibility index (Phi) is 5.08. The van der Waals surface area contributed by atoms with Gasteiger partial charge in [-0.15, -0.1) is 11.3 Å². The molecular formula is C10H17N3OS2. The summed E-state index contributed by atoms with van der Waals surface area (Å²) in [6.07, 6.45) is 0. The third-order valence-corrected chi connectivity index (χ3v) is 4.23. The SMILES string of the molecule is CCSc1nc(N)c(C(=O)N(CC)CC)s1. The van der Waals surface area contributed by atoms with E-state index in [0.717, 1.165) is 10.1 Å². The van der Waals surface area contributed by atoms with Crippen LogP contribution in [0.2, 0.25) is 0 Å². The van der Waals surface area contributed by atoms with Crippen molar-refractivity contribution >= 4 is 34.8 Å². The molecule has 16 heavy (non-hydrogen) atoms. The van der Waals surface area contributed by atoms with E-state index in [1.54, 1.807) is 16.7 Å². The molecule has 90 valence electrons. The number of hydrogen-bond donors (Lipinski definition) is 1. The molecule has 0 aliphatic heterocycles. The normalized spacial score (nSPS) is 10.4. The zero-order valence-corrected chi connectivity index (χ0v) is 11.5. The summed E-state index contributed by atoms with van der Waals surface area (Å²) in [4.78, 5) is 18.6. The van der Waals surface area contributed by atoms with Crippen LogP contribution in [0.5, 0.6) is 0 Å². The van der Waals surface area contributed by atoms with Crippen LogP contribution in [0.15, 0.2) is 4.34 Å². The first-order valence-electron chi connectivity index (χ1n) is 5.32. The fraction of sp³-hybridized carbons (Fsp3) is 0.600. The summed E-state index contributed by atoms with van der Waals surface area (Å²) in [7, 11) is 0. The molecule has 0 saturated heterocycles. The summed E-state index contributed by atoms with van der Waals surface area (Å²) in [5.74, 6) is 1.28. The van der Waals surface area contributed by atoms with E-state index in [4.69, 9.17) is 5.73 Å². The van der Waals surface area contributed by atoms with Gasteiger partial charge < -0.3 is 10.6 Å². The third kappa shape index (κ3) is 2.89. The molecule has 0 saturated carbocycles. The first kappa shape index (κ1) is 13.3. The van der Waals surface area contributed by atoms with Crippen LogP contribution in [-0.4, -0.2) is 34.6 Å². The highest BCUT2D eigenvalue weighted by Crippen LogP contribution is 2.29. The van der Waals surface area contributed by atoms with E-state index < -0.39 is 0 Å². The molecule has 1 rings (SSSR count). The van der Waals surface area contributed by atoms with E-state index in [2.05, 4.69) is 4.98 Å². The summed E-state index contributed by atoms with van der Waals surface area (Å²) in [6, 6.07) is 0. The standard InChI is InChI=1S/C10H17N3OS2/c1-4-13(5-2)9(14)7-8(11)12-10(16-7)15-6-3/h4-6,11H2,1-3H3. The molecule has 0 aliphatic carbocycles. The van der Waals surface area contributed by atoms with Gasteiger partial charge in [0.2, 0.25) is 0 Å². The summed E-state index contributed by atoms with van der Waals surface area (Å²) in [5.41, 5.74) is 5.76. The molecule has 0 spiro atoms. The monoisotopic (exact) mass is 259 g/mol. The van der Waals surface area contributed by atoms with Crippen LogP contribution in [0, 0.1) is 0 Å². The first-order chi connectivity index (χ1) is 7.63. The molecule has 0 radical (unpaired) electrons. The highest BCUT2D eigenvalue weighted by molar-refractivity contribution is 8.01. The zero-order chi connectivity index (χ0) is 12.1. The molecule has 0 unspecified atom stereocenters. The molecule has 2 N–H and O–H groups in total. The van der Waals surface area contributed by atoms with E-state index in [0.29, 0.717) is 23.8 Å². The molecule has 1 aromatic heterocycles. The fourth-order valence-electron chi connectivity index (χ4n) is 1.30. The van der Waals surface area contributed by atoms with Crippen molar-refractivity contribution < 1.29 is 4.79 Å². The van der Waals surface area contributed by atoms with Gasteiger partial charge in [-0.3, -0.25) is 4.79 Å². The van der Waals surface area contributed by atoms with Crippen LogP contribution >= 0.6 is 23.1 Å². The predicted octanol–water partition coefficient (Wildman–Crippen LogP) is 2.32. The van der Waals surface area contributed by atoms with Crippen molar-refractivity contribution in [1.82, 2.24) is 9.88 Å². The van der Waals surface area contributed by atoms with Gasteiger partial charge in [-0.2, -0.15) is 0 Å². The van der Waals surface area contributed by atoms with E-state index in [1.165, 1.54) is 11.3 Å². The maximum atomic E-state index is 12.1. The number of nitrogens with two attached hydrogens (primary N) is 1. The third-order valence-electron chi connectivity index (χ3n) is 2.15. The molecule has 0 bridgehead atoms. The highest BCUT2D eigenvalue weighted by Gasteiger charge is 2.20. The van der Waals surface area contributed by atoms with Crippen molar-refractivity contribution in [2.75, 3.05) is 24.6 Å². The number of aromatic nitrogens is 1. The van der Waals surface area contributed by atoms with Crippen molar-refractivity contribution in [3.8, 4) is 0 Å². The number of anilines is 1. The molecule has 0 aliphatic rings. The van der Waals surface area contributed by atoms with E-state index in [1.807, 2.05) is 20.8 Å². The van der Waals surface area contributed by atoms with Crippen LogP contribution in [-0.2, 0) is 0 Å². The maximum absolute atomic E-state index is 12.1. The number of rotatable bonds is 5. The summed E-state index contributed by atoms with van der Waals surface area (Å²) >= 11 is 3.00. The second-order valence-corrected chi connectivity index (χ2v) is 5.61.